The van der Waals surface area contributed by atoms with Crippen molar-refractivity contribution < 1.29 is 8.42 Å². The fraction of sp³-hybridized carbons (Fsp3) is 0.625. The van der Waals surface area contributed by atoms with Crippen molar-refractivity contribution in [1.82, 2.24) is 10.2 Å². The molecule has 5 nitrogen and oxygen atoms in total. The first kappa shape index (κ1) is 9.51. The lowest BCUT2D eigenvalue weighted by Gasteiger charge is -2.24. The highest BCUT2D eigenvalue weighted by Gasteiger charge is 2.29. The zero-order chi connectivity index (χ0) is 10.3. The Kier molecular flexibility index (Phi) is 2.02. The zero-order valence-corrected chi connectivity index (χ0v) is 8.76. The fourth-order valence-electron chi connectivity index (χ4n) is 1.72. The quantitative estimate of drug-likeness (QED) is 0.758. The molecular weight excluding hydrogens is 202 g/mol. The predicted molar refractivity (Wildman–Crippen MR) is 52.7 cm³/mol. The molecule has 2 rings (SSSR count). The standard InChI is InChI=1S/C8H13N3O2S/c1-14(12,13)7-6(5-3-2-4-5)10-11-8(7)9/h5H,2-4H2,1H3,(H3,9,10,11). The van der Waals surface area contributed by atoms with Gasteiger partial charge in [-0.3, -0.25) is 5.10 Å². The molecule has 0 atom stereocenters. The lowest BCUT2D eigenvalue weighted by molar-refractivity contribution is 0.405. The summed E-state index contributed by atoms with van der Waals surface area (Å²) in [4.78, 5) is 0.196. The van der Waals surface area contributed by atoms with E-state index in [1.54, 1.807) is 0 Å². The number of hydrogen-bond donors (Lipinski definition) is 2. The molecule has 1 saturated carbocycles. The van der Waals surface area contributed by atoms with Crippen molar-refractivity contribution in [3.8, 4) is 0 Å². The van der Waals surface area contributed by atoms with Crippen molar-refractivity contribution in [3.05, 3.63) is 5.69 Å². The number of nitrogens with one attached hydrogen (secondary N) is 1. The van der Waals surface area contributed by atoms with Gasteiger partial charge >= 0.3 is 0 Å². The van der Waals surface area contributed by atoms with E-state index in [0.29, 0.717) is 11.6 Å². The summed E-state index contributed by atoms with van der Waals surface area (Å²) in [5, 5.41) is 6.49. The van der Waals surface area contributed by atoms with E-state index < -0.39 is 9.84 Å². The summed E-state index contributed by atoms with van der Waals surface area (Å²) in [5.41, 5.74) is 6.21. The number of rotatable bonds is 2. The van der Waals surface area contributed by atoms with Crippen LogP contribution in [-0.4, -0.2) is 24.9 Å². The molecule has 0 spiro atoms. The minimum atomic E-state index is -3.26. The monoisotopic (exact) mass is 215 g/mol. The molecule has 0 aromatic carbocycles. The first-order valence-electron chi connectivity index (χ1n) is 4.54. The molecule has 0 aliphatic heterocycles. The van der Waals surface area contributed by atoms with Gasteiger partial charge in [0.1, 0.15) is 4.90 Å². The van der Waals surface area contributed by atoms with Crippen LogP contribution in [-0.2, 0) is 9.84 Å². The molecule has 0 unspecified atom stereocenters. The van der Waals surface area contributed by atoms with Crippen molar-refractivity contribution in [2.24, 2.45) is 0 Å². The molecule has 0 bridgehead atoms. The van der Waals surface area contributed by atoms with Crippen LogP contribution in [0.2, 0.25) is 0 Å². The van der Waals surface area contributed by atoms with Gasteiger partial charge in [-0.25, -0.2) is 8.42 Å². The van der Waals surface area contributed by atoms with E-state index in [4.69, 9.17) is 5.73 Å². The van der Waals surface area contributed by atoms with Gasteiger partial charge in [0, 0.05) is 12.2 Å². The molecule has 1 aromatic rings. The summed E-state index contributed by atoms with van der Waals surface area (Å²) in [5.74, 6) is 0.388. The highest BCUT2D eigenvalue weighted by Crippen LogP contribution is 2.39. The second-order valence-corrected chi connectivity index (χ2v) is 5.70. The number of hydrogen-bond acceptors (Lipinski definition) is 4. The molecule has 1 heterocycles. The third kappa shape index (κ3) is 1.39. The van der Waals surface area contributed by atoms with Crippen LogP contribution in [0, 0.1) is 0 Å². The summed E-state index contributed by atoms with van der Waals surface area (Å²) < 4.78 is 22.9. The number of nitrogen functional groups attached to an aromatic ring is 1. The van der Waals surface area contributed by atoms with Gasteiger partial charge < -0.3 is 5.73 Å². The fourth-order valence-corrected chi connectivity index (χ4v) is 2.76. The van der Waals surface area contributed by atoms with E-state index in [1.165, 1.54) is 0 Å². The van der Waals surface area contributed by atoms with E-state index >= 15 is 0 Å². The smallest absolute Gasteiger partial charge is 0.181 e. The van der Waals surface area contributed by atoms with Crippen LogP contribution in [0.3, 0.4) is 0 Å². The Labute approximate surface area is 82.6 Å². The molecule has 0 amide bonds. The van der Waals surface area contributed by atoms with Crippen molar-refractivity contribution in [2.45, 2.75) is 30.1 Å². The number of H-pyrrole nitrogens is 1. The highest BCUT2D eigenvalue weighted by atomic mass is 32.2. The van der Waals surface area contributed by atoms with Crippen molar-refractivity contribution in [1.29, 1.82) is 0 Å². The Morgan fingerprint density at radius 1 is 1.50 bits per heavy atom. The molecule has 0 radical (unpaired) electrons. The molecule has 1 aliphatic rings. The third-order valence-corrected chi connectivity index (χ3v) is 3.83. The first-order chi connectivity index (χ1) is 6.50. The van der Waals surface area contributed by atoms with Gasteiger partial charge in [0.05, 0.1) is 5.69 Å². The van der Waals surface area contributed by atoms with Crippen LogP contribution in [0.4, 0.5) is 5.82 Å². The largest absolute Gasteiger partial charge is 0.381 e. The maximum absolute atomic E-state index is 11.4. The van der Waals surface area contributed by atoms with Gasteiger partial charge in [-0.2, -0.15) is 5.10 Å². The van der Waals surface area contributed by atoms with E-state index in [0.717, 1.165) is 25.5 Å². The van der Waals surface area contributed by atoms with Gasteiger partial charge in [0.2, 0.25) is 0 Å². The number of nitrogens with two attached hydrogens (primary N) is 1. The number of aromatic amines is 1. The maximum atomic E-state index is 11.4. The van der Waals surface area contributed by atoms with Crippen LogP contribution in [0.5, 0.6) is 0 Å². The van der Waals surface area contributed by atoms with Crippen LogP contribution < -0.4 is 5.73 Å². The zero-order valence-electron chi connectivity index (χ0n) is 7.95. The lowest BCUT2D eigenvalue weighted by atomic mass is 9.83. The Morgan fingerprint density at radius 3 is 2.57 bits per heavy atom. The number of anilines is 1. The van der Waals surface area contributed by atoms with Crippen molar-refractivity contribution in [2.75, 3.05) is 12.0 Å². The first-order valence-corrected chi connectivity index (χ1v) is 6.43. The van der Waals surface area contributed by atoms with E-state index in [9.17, 15) is 8.42 Å². The van der Waals surface area contributed by atoms with Crippen LogP contribution in [0.15, 0.2) is 4.90 Å². The minimum absolute atomic E-state index is 0.0920. The van der Waals surface area contributed by atoms with Crippen LogP contribution >= 0.6 is 0 Å². The summed E-state index contributed by atoms with van der Waals surface area (Å²) in [6.07, 6.45) is 4.34. The second-order valence-electron chi connectivity index (χ2n) is 3.75. The molecular formula is C8H13N3O2S. The number of sulfone groups is 1. The summed E-state index contributed by atoms with van der Waals surface area (Å²) in [6, 6.07) is 0. The molecule has 1 aromatic heterocycles. The van der Waals surface area contributed by atoms with E-state index in [1.807, 2.05) is 0 Å². The minimum Gasteiger partial charge on any atom is -0.381 e. The molecule has 1 aliphatic carbocycles. The van der Waals surface area contributed by atoms with Crippen molar-refractivity contribution >= 4 is 15.7 Å². The number of aromatic nitrogens is 2. The van der Waals surface area contributed by atoms with E-state index in [-0.39, 0.29) is 10.7 Å². The Bertz CT molecular complexity index is 445. The van der Waals surface area contributed by atoms with Gasteiger partial charge in [0.25, 0.3) is 0 Å². The Balaban J connectivity index is 2.51. The van der Waals surface area contributed by atoms with Gasteiger partial charge in [-0.15, -0.1) is 0 Å². The molecule has 0 saturated heterocycles. The van der Waals surface area contributed by atoms with Gasteiger partial charge in [-0.1, -0.05) is 6.42 Å². The van der Waals surface area contributed by atoms with Gasteiger partial charge in [0.15, 0.2) is 15.7 Å². The van der Waals surface area contributed by atoms with Crippen molar-refractivity contribution in [3.63, 3.8) is 0 Å². The normalized spacial score (nSPS) is 18.1. The molecule has 6 heteroatoms. The summed E-state index contributed by atoms with van der Waals surface area (Å²) in [6.45, 7) is 0. The highest BCUT2D eigenvalue weighted by molar-refractivity contribution is 7.91. The number of nitrogens with zero attached hydrogens (tertiary/aromatic N) is 1. The average Bonchev–Trinajstić information content (AvgIpc) is 2.26. The Morgan fingerprint density at radius 2 is 2.14 bits per heavy atom. The van der Waals surface area contributed by atoms with E-state index in [2.05, 4.69) is 10.2 Å². The lowest BCUT2D eigenvalue weighted by Crippen LogP contribution is -2.13. The molecule has 1 fully saturated rings. The van der Waals surface area contributed by atoms with Gasteiger partial charge in [-0.05, 0) is 12.8 Å². The maximum Gasteiger partial charge on any atom is 0.181 e. The summed E-state index contributed by atoms with van der Waals surface area (Å²) >= 11 is 0. The summed E-state index contributed by atoms with van der Waals surface area (Å²) in [7, 11) is -3.26. The molecule has 3 N–H and O–H groups in total. The topological polar surface area (TPSA) is 88.8 Å². The molecule has 78 valence electrons. The van der Waals surface area contributed by atoms with Crippen LogP contribution in [0.1, 0.15) is 30.9 Å². The average molecular weight is 215 g/mol. The second kappa shape index (κ2) is 2.98. The molecule has 14 heavy (non-hydrogen) atoms. The SMILES string of the molecule is CS(=O)(=O)c1c(N)n[nH]c1C1CCC1. The van der Waals surface area contributed by atoms with Crippen LogP contribution in [0.25, 0.3) is 0 Å². The predicted octanol–water partition coefficient (Wildman–Crippen LogP) is 0.663. The third-order valence-electron chi connectivity index (χ3n) is 2.66. The Hall–Kier alpha value is -1.04.